The summed E-state index contributed by atoms with van der Waals surface area (Å²) in [5, 5.41) is 17.7. The SMILES string of the molecule is CCCCCCCCCCCCCCCCCCNC(=O)Cn1cc([N+](=O)[O-])c(OC)n1. The molecule has 1 N–H and O–H groups in total. The summed E-state index contributed by atoms with van der Waals surface area (Å²) in [7, 11) is 1.32. The average Bonchev–Trinajstić information content (AvgIpc) is 3.19. The second-order valence-corrected chi connectivity index (χ2v) is 8.63. The Morgan fingerprint density at radius 3 is 1.81 bits per heavy atom. The topological polar surface area (TPSA) is 99.3 Å². The molecular formula is C24H44N4O4. The summed E-state index contributed by atoms with van der Waals surface area (Å²) < 4.78 is 6.10. The van der Waals surface area contributed by atoms with Gasteiger partial charge < -0.3 is 10.1 Å². The van der Waals surface area contributed by atoms with Gasteiger partial charge in [-0.05, 0) is 6.42 Å². The van der Waals surface area contributed by atoms with Crippen LogP contribution in [-0.2, 0) is 11.3 Å². The lowest BCUT2D eigenvalue weighted by atomic mass is 10.0. The van der Waals surface area contributed by atoms with Gasteiger partial charge in [-0.2, -0.15) is 0 Å². The molecule has 1 aromatic heterocycles. The van der Waals surface area contributed by atoms with Gasteiger partial charge in [0.25, 0.3) is 0 Å². The smallest absolute Gasteiger partial charge is 0.350 e. The number of nitrogens with zero attached hydrogens (tertiary/aromatic N) is 3. The van der Waals surface area contributed by atoms with Crippen LogP contribution in [0.2, 0.25) is 0 Å². The van der Waals surface area contributed by atoms with Crippen molar-refractivity contribution in [2.75, 3.05) is 13.7 Å². The summed E-state index contributed by atoms with van der Waals surface area (Å²) in [6.45, 7) is 2.84. The summed E-state index contributed by atoms with van der Waals surface area (Å²) in [4.78, 5) is 22.3. The van der Waals surface area contributed by atoms with Crippen LogP contribution >= 0.6 is 0 Å². The largest absolute Gasteiger partial charge is 0.475 e. The Hall–Kier alpha value is -2.12. The van der Waals surface area contributed by atoms with E-state index in [4.69, 9.17) is 4.74 Å². The third-order valence-electron chi connectivity index (χ3n) is 5.76. The zero-order valence-electron chi connectivity index (χ0n) is 20.3. The number of aromatic nitrogens is 2. The number of nitrogens with one attached hydrogen (secondary N) is 1. The minimum Gasteiger partial charge on any atom is -0.475 e. The van der Waals surface area contributed by atoms with Gasteiger partial charge in [-0.15, -0.1) is 5.10 Å². The van der Waals surface area contributed by atoms with Gasteiger partial charge in [-0.1, -0.05) is 103 Å². The van der Waals surface area contributed by atoms with Gasteiger partial charge in [0.15, 0.2) is 0 Å². The van der Waals surface area contributed by atoms with Crippen molar-refractivity contribution in [2.24, 2.45) is 0 Å². The third-order valence-corrected chi connectivity index (χ3v) is 5.76. The quantitative estimate of drug-likeness (QED) is 0.136. The molecule has 1 aromatic rings. The minimum atomic E-state index is -0.573. The summed E-state index contributed by atoms with van der Waals surface area (Å²) >= 11 is 0. The van der Waals surface area contributed by atoms with Crippen LogP contribution in [0.1, 0.15) is 110 Å². The number of carbonyl (C=O) groups is 1. The number of rotatable bonds is 21. The molecule has 0 saturated carbocycles. The predicted octanol–water partition coefficient (Wildman–Crippen LogP) is 6.18. The molecule has 32 heavy (non-hydrogen) atoms. The van der Waals surface area contributed by atoms with Gasteiger partial charge in [-0.3, -0.25) is 19.6 Å². The van der Waals surface area contributed by atoms with Crippen LogP contribution in [0.15, 0.2) is 6.20 Å². The Balaban J connectivity index is 1.90. The van der Waals surface area contributed by atoms with E-state index in [9.17, 15) is 14.9 Å². The van der Waals surface area contributed by atoms with Crippen molar-refractivity contribution in [3.05, 3.63) is 16.3 Å². The first-order chi connectivity index (χ1) is 15.6. The van der Waals surface area contributed by atoms with Gasteiger partial charge >= 0.3 is 11.6 Å². The number of ether oxygens (including phenoxy) is 1. The van der Waals surface area contributed by atoms with Gasteiger partial charge in [0.1, 0.15) is 12.7 Å². The fraction of sp³-hybridized carbons (Fsp3) is 0.833. The van der Waals surface area contributed by atoms with E-state index in [0.717, 1.165) is 12.8 Å². The number of hydrogen-bond acceptors (Lipinski definition) is 5. The lowest BCUT2D eigenvalue weighted by Gasteiger charge is -2.05. The Kier molecular flexibility index (Phi) is 16.1. The molecule has 184 valence electrons. The first-order valence-corrected chi connectivity index (χ1v) is 12.6. The van der Waals surface area contributed by atoms with Crippen molar-refractivity contribution in [1.82, 2.24) is 15.1 Å². The van der Waals surface area contributed by atoms with Crippen molar-refractivity contribution in [3.8, 4) is 5.88 Å². The first-order valence-electron chi connectivity index (χ1n) is 12.6. The molecule has 0 unspecified atom stereocenters. The van der Waals surface area contributed by atoms with Gasteiger partial charge in [0, 0.05) is 6.54 Å². The van der Waals surface area contributed by atoms with Crippen molar-refractivity contribution in [3.63, 3.8) is 0 Å². The molecule has 8 nitrogen and oxygen atoms in total. The second-order valence-electron chi connectivity index (χ2n) is 8.63. The van der Waals surface area contributed by atoms with Crippen LogP contribution in [-0.4, -0.2) is 34.3 Å². The lowest BCUT2D eigenvalue weighted by Crippen LogP contribution is -2.28. The molecule has 1 rings (SSSR count). The van der Waals surface area contributed by atoms with E-state index in [0.29, 0.717) is 6.54 Å². The normalized spacial score (nSPS) is 10.9. The van der Waals surface area contributed by atoms with Crippen LogP contribution in [0, 0.1) is 10.1 Å². The van der Waals surface area contributed by atoms with E-state index < -0.39 is 4.92 Å². The maximum absolute atomic E-state index is 12.0. The van der Waals surface area contributed by atoms with E-state index in [1.807, 2.05) is 0 Å². The molecule has 0 radical (unpaired) electrons. The summed E-state index contributed by atoms with van der Waals surface area (Å²) in [5.74, 6) is -0.286. The Labute approximate surface area is 193 Å². The fourth-order valence-corrected chi connectivity index (χ4v) is 3.85. The summed E-state index contributed by atoms with van der Waals surface area (Å²) in [6.07, 6.45) is 22.3. The van der Waals surface area contributed by atoms with E-state index in [-0.39, 0.29) is 24.0 Å². The minimum absolute atomic E-state index is 0.0525. The Morgan fingerprint density at radius 2 is 1.41 bits per heavy atom. The third kappa shape index (κ3) is 13.3. The monoisotopic (exact) mass is 452 g/mol. The summed E-state index contributed by atoms with van der Waals surface area (Å²) in [6, 6.07) is 0. The molecule has 1 heterocycles. The first kappa shape index (κ1) is 27.9. The van der Waals surface area contributed by atoms with E-state index in [1.54, 1.807) is 0 Å². The Morgan fingerprint density at radius 1 is 0.938 bits per heavy atom. The highest BCUT2D eigenvalue weighted by molar-refractivity contribution is 5.75. The maximum Gasteiger partial charge on any atom is 0.350 e. The number of methoxy groups -OCH3 is 1. The van der Waals surface area contributed by atoms with Crippen molar-refractivity contribution in [2.45, 2.75) is 116 Å². The van der Waals surface area contributed by atoms with Crippen LogP contribution in [0.25, 0.3) is 0 Å². The molecular weight excluding hydrogens is 408 g/mol. The van der Waals surface area contributed by atoms with E-state index >= 15 is 0 Å². The molecule has 0 aromatic carbocycles. The van der Waals surface area contributed by atoms with Crippen molar-refractivity contribution < 1.29 is 14.5 Å². The Bertz CT molecular complexity index is 634. The van der Waals surface area contributed by atoms with Crippen molar-refractivity contribution >= 4 is 11.6 Å². The number of carbonyl (C=O) groups excluding carboxylic acids is 1. The molecule has 0 aliphatic carbocycles. The highest BCUT2D eigenvalue weighted by Gasteiger charge is 2.20. The molecule has 0 aliphatic heterocycles. The predicted molar refractivity (Wildman–Crippen MR) is 128 cm³/mol. The number of nitro groups is 1. The molecule has 0 bridgehead atoms. The molecule has 1 amide bonds. The second kappa shape index (κ2) is 18.5. The highest BCUT2D eigenvalue weighted by Crippen LogP contribution is 2.23. The van der Waals surface area contributed by atoms with Gasteiger partial charge in [0.05, 0.1) is 12.0 Å². The van der Waals surface area contributed by atoms with Gasteiger partial charge in [0.2, 0.25) is 5.91 Å². The van der Waals surface area contributed by atoms with E-state index in [1.165, 1.54) is 108 Å². The van der Waals surface area contributed by atoms with Gasteiger partial charge in [-0.25, -0.2) is 0 Å². The van der Waals surface area contributed by atoms with Crippen LogP contribution in [0.5, 0.6) is 5.88 Å². The molecule has 0 fully saturated rings. The standard InChI is InChI=1S/C24H44N4O4/c1-3-4-5-6-7-8-9-10-11-12-13-14-15-16-17-18-19-25-23(29)21-27-20-22(28(30)31)24(26-27)32-2/h20H,3-19,21H2,1-2H3,(H,25,29). The summed E-state index contributed by atoms with van der Waals surface area (Å²) in [5.41, 5.74) is -0.238. The fourth-order valence-electron chi connectivity index (χ4n) is 3.85. The van der Waals surface area contributed by atoms with Crippen molar-refractivity contribution in [1.29, 1.82) is 0 Å². The van der Waals surface area contributed by atoms with Crippen LogP contribution < -0.4 is 10.1 Å². The molecule has 0 atom stereocenters. The maximum atomic E-state index is 12.0. The van der Waals surface area contributed by atoms with E-state index in [2.05, 4.69) is 17.3 Å². The molecule has 0 spiro atoms. The zero-order chi connectivity index (χ0) is 23.4. The molecule has 0 saturated heterocycles. The number of amides is 1. The van der Waals surface area contributed by atoms with Crippen LogP contribution in [0.3, 0.4) is 0 Å². The number of hydrogen-bond donors (Lipinski definition) is 1. The highest BCUT2D eigenvalue weighted by atomic mass is 16.6. The lowest BCUT2D eigenvalue weighted by molar-refractivity contribution is -0.385. The number of unbranched alkanes of at least 4 members (excludes halogenated alkanes) is 15. The zero-order valence-corrected chi connectivity index (χ0v) is 20.3. The molecule has 8 heteroatoms. The van der Waals surface area contributed by atoms with Crippen LogP contribution in [0.4, 0.5) is 5.69 Å². The average molecular weight is 453 g/mol. The molecule has 0 aliphatic rings.